The highest BCUT2D eigenvalue weighted by molar-refractivity contribution is 7.85. The van der Waals surface area contributed by atoms with Gasteiger partial charge in [0, 0.05) is 10.4 Å². The Labute approximate surface area is 153 Å². The Morgan fingerprint density at radius 2 is 2.15 bits per heavy atom. The Hall–Kier alpha value is -2.58. The quantitative estimate of drug-likeness (QED) is 0.629. The van der Waals surface area contributed by atoms with Crippen molar-refractivity contribution in [1.29, 1.82) is 5.26 Å². The first-order valence-electron chi connectivity index (χ1n) is 7.37. The van der Waals surface area contributed by atoms with E-state index in [1.807, 2.05) is 0 Å². The van der Waals surface area contributed by atoms with Gasteiger partial charge in [0.05, 0.1) is 29.9 Å². The SMILES string of the molecule is CS(=O)(=O)OC[C@@H](O)c1cc2c(N)nc(-c3cccc(C#N)c3)nc2s1. The first kappa shape index (κ1) is 18.2. The second kappa shape index (κ2) is 6.97. The minimum atomic E-state index is -3.65. The van der Waals surface area contributed by atoms with Gasteiger partial charge in [-0.3, -0.25) is 4.18 Å². The van der Waals surface area contributed by atoms with E-state index >= 15 is 0 Å². The number of nitriles is 1. The second-order valence-corrected chi connectivity index (χ2v) is 8.20. The molecule has 1 atom stereocenters. The van der Waals surface area contributed by atoms with Crippen molar-refractivity contribution in [2.24, 2.45) is 0 Å². The number of thiophene rings is 1. The van der Waals surface area contributed by atoms with Gasteiger partial charge in [0.25, 0.3) is 10.1 Å². The molecule has 3 rings (SSSR count). The van der Waals surface area contributed by atoms with E-state index in [-0.39, 0.29) is 5.82 Å². The molecule has 0 aliphatic rings. The highest BCUT2D eigenvalue weighted by Gasteiger charge is 2.18. The monoisotopic (exact) mass is 390 g/mol. The van der Waals surface area contributed by atoms with E-state index < -0.39 is 22.8 Å². The van der Waals surface area contributed by atoms with Crippen LogP contribution in [0.4, 0.5) is 5.82 Å². The van der Waals surface area contributed by atoms with Crippen molar-refractivity contribution < 1.29 is 17.7 Å². The first-order valence-corrected chi connectivity index (χ1v) is 10.00. The van der Waals surface area contributed by atoms with Crippen LogP contribution in [-0.4, -0.2) is 36.4 Å². The molecule has 0 aliphatic carbocycles. The van der Waals surface area contributed by atoms with Gasteiger partial charge in [0.1, 0.15) is 16.8 Å². The molecule has 0 saturated heterocycles. The van der Waals surface area contributed by atoms with Crippen LogP contribution < -0.4 is 5.73 Å². The number of hydrogen-bond acceptors (Lipinski definition) is 9. The number of nitrogen functional groups attached to an aromatic ring is 1. The normalized spacial score (nSPS) is 12.8. The standard InChI is InChI=1S/C16H14N4O4S2/c1-26(22,23)24-8-12(21)13-6-11-14(18)19-15(20-16(11)25-13)10-4-2-3-9(5-10)7-17/h2-6,12,21H,8H2,1H3,(H2,18,19,20)/t12-/m1/s1. The van der Waals surface area contributed by atoms with Crippen molar-refractivity contribution in [2.75, 3.05) is 18.6 Å². The van der Waals surface area contributed by atoms with Gasteiger partial charge in [0.15, 0.2) is 5.82 Å². The molecular formula is C16H14N4O4S2. The Morgan fingerprint density at radius 1 is 1.38 bits per heavy atom. The molecular weight excluding hydrogens is 376 g/mol. The summed E-state index contributed by atoms with van der Waals surface area (Å²) in [7, 11) is -3.65. The summed E-state index contributed by atoms with van der Waals surface area (Å²) in [5.74, 6) is 0.591. The molecule has 8 nitrogen and oxygen atoms in total. The lowest BCUT2D eigenvalue weighted by atomic mass is 10.1. The van der Waals surface area contributed by atoms with E-state index in [1.165, 1.54) is 11.3 Å². The molecule has 0 aliphatic heterocycles. The molecule has 26 heavy (non-hydrogen) atoms. The van der Waals surface area contributed by atoms with E-state index in [0.717, 1.165) is 6.26 Å². The molecule has 0 fully saturated rings. The highest BCUT2D eigenvalue weighted by atomic mass is 32.2. The Bertz CT molecular complexity index is 1120. The van der Waals surface area contributed by atoms with Gasteiger partial charge in [-0.1, -0.05) is 12.1 Å². The molecule has 0 radical (unpaired) electrons. The van der Waals surface area contributed by atoms with Crippen LogP contribution in [0.2, 0.25) is 0 Å². The fourth-order valence-corrected chi connectivity index (χ4v) is 3.64. The molecule has 2 aromatic heterocycles. The van der Waals surface area contributed by atoms with Crippen molar-refractivity contribution in [1.82, 2.24) is 9.97 Å². The van der Waals surface area contributed by atoms with Crippen LogP contribution in [0.1, 0.15) is 16.5 Å². The van der Waals surface area contributed by atoms with Gasteiger partial charge in [-0.05, 0) is 18.2 Å². The van der Waals surface area contributed by atoms with Crippen LogP contribution in [0.3, 0.4) is 0 Å². The lowest BCUT2D eigenvalue weighted by Crippen LogP contribution is -2.10. The number of aliphatic hydroxyl groups is 1. The highest BCUT2D eigenvalue weighted by Crippen LogP contribution is 2.33. The molecule has 0 unspecified atom stereocenters. The molecule has 1 aromatic carbocycles. The minimum Gasteiger partial charge on any atom is -0.385 e. The van der Waals surface area contributed by atoms with Crippen LogP contribution in [0.15, 0.2) is 30.3 Å². The van der Waals surface area contributed by atoms with Crippen LogP contribution in [-0.2, 0) is 14.3 Å². The number of benzene rings is 1. The minimum absolute atomic E-state index is 0.228. The maximum atomic E-state index is 11.1. The molecule has 10 heteroatoms. The number of hydrogen-bond donors (Lipinski definition) is 2. The molecule has 0 amide bonds. The number of nitrogens with two attached hydrogens (primary N) is 1. The van der Waals surface area contributed by atoms with Crippen LogP contribution in [0, 0.1) is 11.3 Å². The maximum Gasteiger partial charge on any atom is 0.264 e. The molecule has 2 heterocycles. The van der Waals surface area contributed by atoms with Gasteiger partial charge < -0.3 is 10.8 Å². The number of fused-ring (bicyclic) bond motifs is 1. The average Bonchev–Trinajstić information content (AvgIpc) is 3.04. The molecule has 134 valence electrons. The van der Waals surface area contributed by atoms with Crippen molar-refractivity contribution in [3.8, 4) is 17.5 Å². The summed E-state index contributed by atoms with van der Waals surface area (Å²) in [5.41, 5.74) is 7.13. The Morgan fingerprint density at radius 3 is 2.85 bits per heavy atom. The van der Waals surface area contributed by atoms with Crippen LogP contribution >= 0.6 is 11.3 Å². The van der Waals surface area contributed by atoms with Gasteiger partial charge in [-0.15, -0.1) is 11.3 Å². The lowest BCUT2D eigenvalue weighted by Gasteiger charge is -2.06. The molecule has 3 N–H and O–H groups in total. The smallest absolute Gasteiger partial charge is 0.264 e. The van der Waals surface area contributed by atoms with Crippen molar-refractivity contribution in [3.63, 3.8) is 0 Å². The number of aromatic nitrogens is 2. The summed E-state index contributed by atoms with van der Waals surface area (Å²) in [5, 5.41) is 19.7. The van der Waals surface area contributed by atoms with Gasteiger partial charge >= 0.3 is 0 Å². The summed E-state index contributed by atoms with van der Waals surface area (Å²) < 4.78 is 26.7. The van der Waals surface area contributed by atoms with Crippen molar-refractivity contribution >= 4 is 37.5 Å². The van der Waals surface area contributed by atoms with Crippen LogP contribution in [0.25, 0.3) is 21.6 Å². The van der Waals surface area contributed by atoms with E-state index in [4.69, 9.17) is 11.0 Å². The van der Waals surface area contributed by atoms with Crippen molar-refractivity contribution in [3.05, 3.63) is 40.8 Å². The summed E-state index contributed by atoms with van der Waals surface area (Å²) >= 11 is 1.17. The van der Waals surface area contributed by atoms with Crippen LogP contribution in [0.5, 0.6) is 0 Å². The first-order chi connectivity index (χ1) is 12.3. The average molecular weight is 390 g/mol. The van der Waals surface area contributed by atoms with Gasteiger partial charge in [0.2, 0.25) is 0 Å². The summed E-state index contributed by atoms with van der Waals surface area (Å²) in [6, 6.07) is 10.5. The van der Waals surface area contributed by atoms with E-state index in [1.54, 1.807) is 30.3 Å². The van der Waals surface area contributed by atoms with Gasteiger partial charge in [-0.25, -0.2) is 9.97 Å². The zero-order valence-corrected chi connectivity index (χ0v) is 15.2. The van der Waals surface area contributed by atoms with E-state index in [2.05, 4.69) is 20.2 Å². The Kier molecular flexibility index (Phi) is 4.88. The van der Waals surface area contributed by atoms with E-state index in [9.17, 15) is 13.5 Å². The predicted molar refractivity (Wildman–Crippen MR) is 97.7 cm³/mol. The predicted octanol–water partition coefficient (Wildman–Crippen LogP) is 1.82. The summed E-state index contributed by atoms with van der Waals surface area (Å²) in [6.45, 7) is -0.393. The zero-order chi connectivity index (χ0) is 18.9. The second-order valence-electron chi connectivity index (χ2n) is 5.50. The summed E-state index contributed by atoms with van der Waals surface area (Å²) in [6.07, 6.45) is -0.218. The maximum absolute atomic E-state index is 11.1. The fourth-order valence-electron chi connectivity index (χ4n) is 2.25. The summed E-state index contributed by atoms with van der Waals surface area (Å²) in [4.78, 5) is 9.71. The molecule has 0 spiro atoms. The van der Waals surface area contributed by atoms with E-state index in [0.29, 0.717) is 32.0 Å². The fraction of sp³-hybridized carbons (Fsp3) is 0.188. The Balaban J connectivity index is 1.97. The third kappa shape index (κ3) is 3.97. The number of nitrogens with zero attached hydrogens (tertiary/aromatic N) is 3. The lowest BCUT2D eigenvalue weighted by molar-refractivity contribution is 0.115. The number of anilines is 1. The third-order valence-electron chi connectivity index (χ3n) is 3.46. The third-order valence-corrected chi connectivity index (χ3v) is 5.15. The molecule has 3 aromatic rings. The zero-order valence-electron chi connectivity index (χ0n) is 13.6. The molecule has 0 bridgehead atoms. The number of rotatable bonds is 5. The largest absolute Gasteiger partial charge is 0.385 e. The van der Waals surface area contributed by atoms with Crippen molar-refractivity contribution in [2.45, 2.75) is 6.10 Å². The molecule has 0 saturated carbocycles. The van der Waals surface area contributed by atoms with Gasteiger partial charge in [-0.2, -0.15) is 13.7 Å². The topological polar surface area (TPSA) is 139 Å². The number of aliphatic hydroxyl groups excluding tert-OH is 1.